The summed E-state index contributed by atoms with van der Waals surface area (Å²) in [4.78, 5) is 2.47. The number of nitrogens with one attached hydrogen (secondary N) is 1. The number of benzene rings is 2. The second-order valence-electron chi connectivity index (χ2n) is 9.55. The van der Waals surface area contributed by atoms with E-state index in [1.54, 1.807) is 6.07 Å². The van der Waals surface area contributed by atoms with E-state index in [9.17, 15) is 13.5 Å². The molecule has 1 saturated heterocycles. The molecular formula is C25H30ClN3O4S. The molecule has 2 aliphatic heterocycles. The Morgan fingerprint density at radius 3 is 2.62 bits per heavy atom. The molecule has 34 heavy (non-hydrogen) atoms. The minimum atomic E-state index is -3.53. The second-order valence-corrected chi connectivity index (χ2v) is 11.3. The molecule has 2 aromatic carbocycles. The van der Waals surface area contributed by atoms with Crippen LogP contribution < -0.4 is 9.46 Å². The Labute approximate surface area is 207 Å². The number of aliphatic hydroxyl groups is 1. The number of fused-ring (bicyclic) bond motifs is 2. The lowest BCUT2D eigenvalue weighted by Gasteiger charge is -2.52. The summed E-state index contributed by atoms with van der Waals surface area (Å²) in [6.45, 7) is 1.54. The zero-order chi connectivity index (χ0) is 23.2. The van der Waals surface area contributed by atoms with Crippen LogP contribution in [0.5, 0.6) is 5.75 Å². The predicted octanol–water partition coefficient (Wildman–Crippen LogP) is 2.72. The molecule has 0 saturated carbocycles. The van der Waals surface area contributed by atoms with E-state index in [0.717, 1.165) is 38.6 Å². The fourth-order valence-corrected chi connectivity index (χ4v) is 6.57. The van der Waals surface area contributed by atoms with Crippen molar-refractivity contribution in [2.24, 2.45) is 0 Å². The number of likely N-dealkylation sites (tertiary alicyclic amines) is 1. The topological polar surface area (TPSA) is 103 Å². The summed E-state index contributed by atoms with van der Waals surface area (Å²) >= 11 is 0. The maximum Gasteiger partial charge on any atom is 0.209 e. The van der Waals surface area contributed by atoms with Crippen LogP contribution in [0.3, 0.4) is 0 Å². The van der Waals surface area contributed by atoms with Crippen molar-refractivity contribution >= 4 is 22.4 Å². The van der Waals surface area contributed by atoms with Crippen LogP contribution in [0.2, 0.25) is 0 Å². The van der Waals surface area contributed by atoms with Crippen molar-refractivity contribution in [3.63, 3.8) is 0 Å². The van der Waals surface area contributed by atoms with Crippen LogP contribution >= 0.6 is 12.4 Å². The van der Waals surface area contributed by atoms with E-state index in [1.807, 2.05) is 30.3 Å². The molecule has 0 bridgehead atoms. The number of nitrogens with zero attached hydrogens (tertiary/aromatic N) is 2. The lowest BCUT2D eigenvalue weighted by atomic mass is 9.77. The Bertz CT molecular complexity index is 1200. The van der Waals surface area contributed by atoms with Gasteiger partial charge in [-0.15, -0.1) is 12.4 Å². The summed E-state index contributed by atoms with van der Waals surface area (Å²) in [5.41, 5.74) is 3.12. The summed E-state index contributed by atoms with van der Waals surface area (Å²) in [6, 6.07) is 15.2. The molecule has 2 N–H and O–H groups in total. The Morgan fingerprint density at radius 1 is 1.18 bits per heavy atom. The van der Waals surface area contributed by atoms with Crippen molar-refractivity contribution in [1.82, 2.24) is 9.62 Å². The van der Waals surface area contributed by atoms with Gasteiger partial charge in [-0.25, -0.2) is 13.1 Å². The molecule has 2 heterocycles. The van der Waals surface area contributed by atoms with Gasteiger partial charge in [0.15, 0.2) is 0 Å². The van der Waals surface area contributed by atoms with E-state index in [0.29, 0.717) is 35.8 Å². The summed E-state index contributed by atoms with van der Waals surface area (Å²) in [5, 5.41) is 20.3. The molecule has 1 aliphatic carbocycles. The third-order valence-electron chi connectivity index (χ3n) is 7.47. The van der Waals surface area contributed by atoms with E-state index >= 15 is 0 Å². The van der Waals surface area contributed by atoms with Gasteiger partial charge in [-0.3, -0.25) is 4.90 Å². The summed E-state index contributed by atoms with van der Waals surface area (Å²) < 4.78 is 33.4. The molecule has 0 radical (unpaired) electrons. The number of aliphatic hydroxyl groups excluding tert-OH is 1. The number of hydrogen-bond donors (Lipinski definition) is 2. The Hall–Kier alpha value is -2.15. The molecule has 7 nitrogen and oxygen atoms in total. The highest BCUT2D eigenvalue weighted by Gasteiger charge is 2.52. The molecule has 9 heteroatoms. The van der Waals surface area contributed by atoms with E-state index in [1.165, 1.54) is 11.1 Å². The molecule has 5 rings (SSSR count). The van der Waals surface area contributed by atoms with Crippen LogP contribution in [0.15, 0.2) is 42.5 Å². The first kappa shape index (κ1) is 25.0. The standard InChI is InChI=1S/C25H29N3O4S.ClH/c1-33(30,31)27-24-23(29)21-4-2-3-5-22(21)32-25(24)10-12-28(13-11-25)20-9-8-18-14-17(16-26)6-7-19(18)15-20;/h2-7,14,20,23-24,27,29H,8-13,15H2,1H3;1H. The molecule has 3 atom stereocenters. The molecule has 1 fully saturated rings. The lowest BCUT2D eigenvalue weighted by molar-refractivity contribution is -0.0825. The number of piperidine rings is 1. The summed E-state index contributed by atoms with van der Waals surface area (Å²) in [6.07, 6.45) is 4.35. The fourth-order valence-electron chi connectivity index (χ4n) is 5.77. The van der Waals surface area contributed by atoms with Gasteiger partial charge in [0.1, 0.15) is 17.5 Å². The minimum absolute atomic E-state index is 0. The van der Waals surface area contributed by atoms with Crippen LogP contribution in [0, 0.1) is 11.3 Å². The minimum Gasteiger partial charge on any atom is -0.485 e. The quantitative estimate of drug-likeness (QED) is 0.667. The Balaban J connectivity index is 0.00000274. The highest BCUT2D eigenvalue weighted by atomic mass is 35.5. The van der Waals surface area contributed by atoms with Crippen LogP contribution in [0.1, 0.15) is 47.6 Å². The van der Waals surface area contributed by atoms with Gasteiger partial charge in [0.05, 0.1) is 23.9 Å². The van der Waals surface area contributed by atoms with Crippen molar-refractivity contribution < 1.29 is 18.3 Å². The number of nitriles is 1. The van der Waals surface area contributed by atoms with Crippen molar-refractivity contribution in [3.8, 4) is 11.8 Å². The first-order valence-corrected chi connectivity index (χ1v) is 13.4. The number of aryl methyl sites for hydroxylation is 1. The third-order valence-corrected chi connectivity index (χ3v) is 8.16. The van der Waals surface area contributed by atoms with Gasteiger partial charge in [0.2, 0.25) is 10.0 Å². The summed E-state index contributed by atoms with van der Waals surface area (Å²) in [7, 11) is -3.53. The number of para-hydroxylation sites is 1. The monoisotopic (exact) mass is 503 g/mol. The SMILES string of the molecule is CS(=O)(=O)NC1C(O)c2ccccc2OC12CCN(C1CCc3cc(C#N)ccc3C1)CC2.Cl. The van der Waals surface area contributed by atoms with E-state index in [2.05, 4.69) is 21.8 Å². The molecule has 0 aromatic heterocycles. The van der Waals surface area contributed by atoms with Crippen molar-refractivity contribution in [2.75, 3.05) is 19.3 Å². The van der Waals surface area contributed by atoms with Crippen LogP contribution in [-0.2, 0) is 22.9 Å². The highest BCUT2D eigenvalue weighted by molar-refractivity contribution is 7.88. The maximum absolute atomic E-state index is 12.1. The van der Waals surface area contributed by atoms with Gasteiger partial charge in [-0.05, 0) is 48.6 Å². The average molecular weight is 504 g/mol. The average Bonchev–Trinajstić information content (AvgIpc) is 2.81. The zero-order valence-corrected chi connectivity index (χ0v) is 20.7. The first-order chi connectivity index (χ1) is 15.8. The van der Waals surface area contributed by atoms with E-state index < -0.39 is 27.8 Å². The first-order valence-electron chi connectivity index (χ1n) is 11.5. The van der Waals surface area contributed by atoms with Gasteiger partial charge >= 0.3 is 0 Å². The number of sulfonamides is 1. The smallest absolute Gasteiger partial charge is 0.209 e. The van der Waals surface area contributed by atoms with E-state index in [4.69, 9.17) is 10.00 Å². The van der Waals surface area contributed by atoms with Gasteiger partial charge in [-0.1, -0.05) is 24.3 Å². The molecule has 3 aliphatic rings. The molecule has 1 spiro atoms. The van der Waals surface area contributed by atoms with Gasteiger partial charge in [0.25, 0.3) is 0 Å². The van der Waals surface area contributed by atoms with Crippen molar-refractivity contribution in [2.45, 2.75) is 55.9 Å². The normalized spacial score (nSPS) is 25.9. The Morgan fingerprint density at radius 2 is 1.91 bits per heavy atom. The highest BCUT2D eigenvalue weighted by Crippen LogP contribution is 2.45. The third kappa shape index (κ3) is 4.68. The van der Waals surface area contributed by atoms with E-state index in [-0.39, 0.29) is 12.4 Å². The van der Waals surface area contributed by atoms with Crippen LogP contribution in [0.4, 0.5) is 0 Å². The van der Waals surface area contributed by atoms with Gasteiger partial charge in [-0.2, -0.15) is 5.26 Å². The molecule has 0 amide bonds. The van der Waals surface area contributed by atoms with Gasteiger partial charge < -0.3 is 9.84 Å². The van der Waals surface area contributed by atoms with Crippen molar-refractivity contribution in [1.29, 1.82) is 5.26 Å². The molecule has 2 aromatic rings. The summed E-state index contributed by atoms with van der Waals surface area (Å²) in [5.74, 6) is 0.630. The van der Waals surface area contributed by atoms with Crippen LogP contribution in [0.25, 0.3) is 0 Å². The molecule has 182 valence electrons. The Kier molecular flexibility index (Phi) is 6.96. The molecular weight excluding hydrogens is 474 g/mol. The lowest BCUT2D eigenvalue weighted by Crippen LogP contribution is -2.65. The largest absolute Gasteiger partial charge is 0.485 e. The van der Waals surface area contributed by atoms with Crippen molar-refractivity contribution in [3.05, 3.63) is 64.7 Å². The predicted molar refractivity (Wildman–Crippen MR) is 132 cm³/mol. The van der Waals surface area contributed by atoms with Crippen LogP contribution in [-0.4, -0.2) is 55.5 Å². The second kappa shape index (κ2) is 9.48. The van der Waals surface area contributed by atoms with Gasteiger partial charge in [0, 0.05) is 37.5 Å². The molecule has 3 unspecified atom stereocenters. The fraction of sp³-hybridized carbons (Fsp3) is 0.480. The zero-order valence-electron chi connectivity index (χ0n) is 19.1. The number of ether oxygens (including phenoxy) is 1. The number of hydrogen-bond acceptors (Lipinski definition) is 6. The number of rotatable bonds is 3. The number of halogens is 1. The maximum atomic E-state index is 12.1.